The van der Waals surface area contributed by atoms with Gasteiger partial charge in [-0.25, -0.2) is 0 Å². The van der Waals surface area contributed by atoms with Gasteiger partial charge in [0, 0.05) is 17.4 Å². The second kappa shape index (κ2) is 6.29. The van der Waals surface area contributed by atoms with Gasteiger partial charge in [-0.1, -0.05) is 45.7 Å². The molecular weight excluding hydrogens is 340 g/mol. The van der Waals surface area contributed by atoms with Gasteiger partial charge in [-0.15, -0.1) is 0 Å². The summed E-state index contributed by atoms with van der Waals surface area (Å²) in [6.07, 6.45) is -0.154. The Morgan fingerprint density at radius 1 is 1.40 bits per heavy atom. The van der Waals surface area contributed by atoms with Crippen LogP contribution in [0.5, 0.6) is 0 Å². The minimum atomic E-state index is -0.608. The first-order chi connectivity index (χ1) is 9.45. The summed E-state index contributed by atoms with van der Waals surface area (Å²) in [7, 11) is 0. The van der Waals surface area contributed by atoms with Crippen LogP contribution in [0.1, 0.15) is 35.5 Å². The minimum absolute atomic E-state index is 0.454. The van der Waals surface area contributed by atoms with Crippen molar-refractivity contribution in [2.45, 2.75) is 39.8 Å². The molecule has 0 radical (unpaired) electrons. The van der Waals surface area contributed by atoms with Crippen molar-refractivity contribution in [2.24, 2.45) is 0 Å². The second-order valence-corrected chi connectivity index (χ2v) is 6.03. The van der Waals surface area contributed by atoms with Gasteiger partial charge < -0.3 is 5.11 Å². The molecule has 0 saturated carbocycles. The maximum atomic E-state index is 10.5. The van der Waals surface area contributed by atoms with Crippen molar-refractivity contribution >= 4 is 27.5 Å². The fourth-order valence-corrected chi connectivity index (χ4v) is 3.03. The number of nitrogens with zero attached hydrogens (tertiary/aromatic N) is 2. The SMILES string of the molecule is CCn1nc(C)c(Cl)c1CC(O)c1cccc(C)c1Br. The average Bonchev–Trinajstić information content (AvgIpc) is 2.69. The van der Waals surface area contributed by atoms with E-state index < -0.39 is 6.10 Å². The van der Waals surface area contributed by atoms with Crippen molar-refractivity contribution in [2.75, 3.05) is 0 Å². The Labute approximate surface area is 132 Å². The van der Waals surface area contributed by atoms with E-state index >= 15 is 0 Å². The van der Waals surface area contributed by atoms with E-state index in [2.05, 4.69) is 21.0 Å². The third kappa shape index (κ3) is 2.92. The van der Waals surface area contributed by atoms with E-state index in [1.165, 1.54) is 0 Å². The van der Waals surface area contributed by atoms with Gasteiger partial charge in [0.05, 0.1) is 22.5 Å². The molecule has 1 heterocycles. The van der Waals surface area contributed by atoms with E-state index in [0.29, 0.717) is 11.4 Å². The summed E-state index contributed by atoms with van der Waals surface area (Å²) >= 11 is 9.83. The highest BCUT2D eigenvalue weighted by Gasteiger charge is 2.19. The second-order valence-electron chi connectivity index (χ2n) is 4.86. The highest BCUT2D eigenvalue weighted by molar-refractivity contribution is 9.10. The van der Waals surface area contributed by atoms with Crippen LogP contribution in [-0.4, -0.2) is 14.9 Å². The Bertz CT molecular complexity index is 625. The molecule has 0 aliphatic heterocycles. The van der Waals surface area contributed by atoms with Gasteiger partial charge in [-0.2, -0.15) is 5.10 Å². The van der Waals surface area contributed by atoms with Gasteiger partial charge in [-0.05, 0) is 31.9 Å². The Hall–Kier alpha value is -0.840. The number of hydrogen-bond acceptors (Lipinski definition) is 2. The molecule has 1 aromatic heterocycles. The number of aliphatic hydroxyl groups is 1. The van der Waals surface area contributed by atoms with Crippen molar-refractivity contribution in [3.63, 3.8) is 0 Å². The number of aliphatic hydroxyl groups excluding tert-OH is 1. The van der Waals surface area contributed by atoms with Gasteiger partial charge in [0.25, 0.3) is 0 Å². The molecule has 108 valence electrons. The predicted octanol–water partition coefficient (Wildman–Crippen LogP) is 4.21. The van der Waals surface area contributed by atoms with E-state index in [1.807, 2.05) is 43.7 Å². The number of aromatic nitrogens is 2. The molecule has 0 fully saturated rings. The number of hydrogen-bond donors (Lipinski definition) is 1. The molecule has 5 heteroatoms. The molecular formula is C15H18BrClN2O. The molecule has 1 unspecified atom stereocenters. The standard InChI is InChI=1S/C15H18BrClN2O/c1-4-19-12(15(17)10(3)18-19)8-13(20)11-7-5-6-9(2)14(11)16/h5-7,13,20H,4,8H2,1-3H3. The molecule has 0 bridgehead atoms. The molecule has 1 atom stereocenters. The molecule has 3 nitrogen and oxygen atoms in total. The highest BCUT2D eigenvalue weighted by atomic mass is 79.9. The predicted molar refractivity (Wildman–Crippen MR) is 85.2 cm³/mol. The van der Waals surface area contributed by atoms with Gasteiger partial charge in [0.15, 0.2) is 0 Å². The summed E-state index contributed by atoms with van der Waals surface area (Å²) in [5.74, 6) is 0. The van der Waals surface area contributed by atoms with E-state index in [9.17, 15) is 5.11 Å². The van der Waals surface area contributed by atoms with Crippen LogP contribution in [-0.2, 0) is 13.0 Å². The molecule has 0 spiro atoms. The number of halogens is 2. The van der Waals surface area contributed by atoms with Gasteiger partial charge in [-0.3, -0.25) is 4.68 Å². The number of benzene rings is 1. The Balaban J connectivity index is 2.32. The zero-order chi connectivity index (χ0) is 14.9. The first kappa shape index (κ1) is 15.5. The fourth-order valence-electron chi connectivity index (χ4n) is 2.28. The first-order valence-electron chi connectivity index (χ1n) is 6.60. The van der Waals surface area contributed by atoms with Gasteiger partial charge in [0.1, 0.15) is 0 Å². The maximum Gasteiger partial charge on any atom is 0.0856 e. The molecule has 1 N–H and O–H groups in total. The lowest BCUT2D eigenvalue weighted by Crippen LogP contribution is -2.09. The summed E-state index contributed by atoms with van der Waals surface area (Å²) < 4.78 is 2.80. The van der Waals surface area contributed by atoms with Crippen LogP contribution < -0.4 is 0 Å². The van der Waals surface area contributed by atoms with Crippen molar-refractivity contribution in [1.82, 2.24) is 9.78 Å². The molecule has 0 amide bonds. The van der Waals surface area contributed by atoms with Crippen LogP contribution in [0.25, 0.3) is 0 Å². The largest absolute Gasteiger partial charge is 0.388 e. The minimum Gasteiger partial charge on any atom is -0.388 e. The Morgan fingerprint density at radius 3 is 2.75 bits per heavy atom. The van der Waals surface area contributed by atoms with Crippen LogP contribution in [0.4, 0.5) is 0 Å². The maximum absolute atomic E-state index is 10.5. The molecule has 20 heavy (non-hydrogen) atoms. The summed E-state index contributed by atoms with van der Waals surface area (Å²) in [5.41, 5.74) is 3.67. The van der Waals surface area contributed by atoms with Crippen molar-refractivity contribution < 1.29 is 5.11 Å². The summed E-state index contributed by atoms with van der Waals surface area (Å²) in [6, 6.07) is 5.88. The van der Waals surface area contributed by atoms with Crippen LogP contribution in [0.3, 0.4) is 0 Å². The normalized spacial score (nSPS) is 12.7. The highest BCUT2D eigenvalue weighted by Crippen LogP contribution is 2.31. The van der Waals surface area contributed by atoms with E-state index in [-0.39, 0.29) is 0 Å². The van der Waals surface area contributed by atoms with Crippen molar-refractivity contribution in [3.05, 3.63) is 50.2 Å². The van der Waals surface area contributed by atoms with Crippen molar-refractivity contribution in [1.29, 1.82) is 0 Å². The van der Waals surface area contributed by atoms with E-state index in [0.717, 1.165) is 33.5 Å². The van der Waals surface area contributed by atoms with Gasteiger partial charge >= 0.3 is 0 Å². The lowest BCUT2D eigenvalue weighted by Gasteiger charge is -2.15. The zero-order valence-electron chi connectivity index (χ0n) is 11.8. The molecule has 2 rings (SSSR count). The molecule has 0 aliphatic carbocycles. The molecule has 1 aromatic carbocycles. The third-order valence-corrected chi connectivity index (χ3v) is 5.00. The monoisotopic (exact) mass is 356 g/mol. The van der Waals surface area contributed by atoms with Crippen LogP contribution >= 0.6 is 27.5 Å². The summed E-state index contributed by atoms with van der Waals surface area (Å²) in [6.45, 7) is 6.65. The average molecular weight is 358 g/mol. The van der Waals surface area contributed by atoms with Crippen molar-refractivity contribution in [3.8, 4) is 0 Å². The number of rotatable bonds is 4. The molecule has 2 aromatic rings. The van der Waals surface area contributed by atoms with E-state index in [4.69, 9.17) is 11.6 Å². The Morgan fingerprint density at radius 2 is 2.10 bits per heavy atom. The smallest absolute Gasteiger partial charge is 0.0856 e. The number of aryl methyl sites for hydroxylation is 3. The van der Waals surface area contributed by atoms with E-state index in [1.54, 1.807) is 0 Å². The summed E-state index contributed by atoms with van der Waals surface area (Å²) in [5, 5.41) is 15.5. The van der Waals surface area contributed by atoms with Crippen LogP contribution in [0, 0.1) is 13.8 Å². The lowest BCUT2D eigenvalue weighted by atomic mass is 10.0. The molecule has 0 aliphatic rings. The summed E-state index contributed by atoms with van der Waals surface area (Å²) in [4.78, 5) is 0. The zero-order valence-corrected chi connectivity index (χ0v) is 14.2. The quantitative estimate of drug-likeness (QED) is 0.890. The third-order valence-electron chi connectivity index (χ3n) is 3.42. The first-order valence-corrected chi connectivity index (χ1v) is 7.77. The van der Waals surface area contributed by atoms with Gasteiger partial charge in [0.2, 0.25) is 0 Å². The van der Waals surface area contributed by atoms with Crippen LogP contribution in [0.15, 0.2) is 22.7 Å². The fraction of sp³-hybridized carbons (Fsp3) is 0.400. The molecule has 0 saturated heterocycles. The topological polar surface area (TPSA) is 38.0 Å². The lowest BCUT2D eigenvalue weighted by molar-refractivity contribution is 0.174. The van der Waals surface area contributed by atoms with Crippen LogP contribution in [0.2, 0.25) is 5.02 Å². The Kier molecular flexibility index (Phi) is 4.89.